The zero-order valence-electron chi connectivity index (χ0n) is 15.1. The van der Waals surface area contributed by atoms with E-state index in [0.29, 0.717) is 24.2 Å². The Kier molecular flexibility index (Phi) is 3.46. The number of hydrogen-bond acceptors (Lipinski definition) is 3. The highest BCUT2D eigenvalue weighted by Crippen LogP contribution is 2.60. The second kappa shape index (κ2) is 5.40. The van der Waals surface area contributed by atoms with E-state index in [1.54, 1.807) is 0 Å². The zero-order valence-corrected chi connectivity index (χ0v) is 15.1. The van der Waals surface area contributed by atoms with E-state index in [1.807, 2.05) is 0 Å². The lowest BCUT2D eigenvalue weighted by atomic mass is 9.48. The normalized spacial score (nSPS) is 41.8. The maximum absolute atomic E-state index is 13.3. The summed E-state index contributed by atoms with van der Waals surface area (Å²) in [5.41, 5.74) is -0.672. The van der Waals surface area contributed by atoms with Crippen molar-refractivity contribution >= 4 is 17.6 Å². The molecule has 0 aromatic carbocycles. The van der Waals surface area contributed by atoms with Crippen LogP contribution in [0.2, 0.25) is 0 Å². The Labute approximate surface area is 149 Å². The quantitative estimate of drug-likeness (QED) is 0.737. The van der Waals surface area contributed by atoms with Crippen LogP contribution >= 0.6 is 0 Å². The zero-order chi connectivity index (χ0) is 17.2. The third-order valence-corrected chi connectivity index (χ3v) is 8.23. The summed E-state index contributed by atoms with van der Waals surface area (Å²) in [6.07, 6.45) is 12.2. The summed E-state index contributed by atoms with van der Waals surface area (Å²) in [4.78, 5) is 40.2. The second-order valence-corrected chi connectivity index (χ2v) is 9.92. The van der Waals surface area contributed by atoms with E-state index >= 15 is 0 Å². The number of carbonyl (C=O) groups excluding carboxylic acids is 3. The molecule has 4 heteroatoms. The maximum atomic E-state index is 13.3. The molecule has 2 amide bonds. The Hall–Kier alpha value is -1.19. The van der Waals surface area contributed by atoms with Crippen LogP contribution in [0.3, 0.4) is 0 Å². The maximum Gasteiger partial charge on any atom is 0.236 e. The number of rotatable bonds is 3. The molecule has 0 N–H and O–H groups in total. The van der Waals surface area contributed by atoms with Gasteiger partial charge in [-0.2, -0.15) is 0 Å². The Morgan fingerprint density at radius 3 is 2.04 bits per heavy atom. The molecule has 1 spiro atoms. The summed E-state index contributed by atoms with van der Waals surface area (Å²) in [7, 11) is 0. The lowest BCUT2D eigenvalue weighted by Gasteiger charge is -2.56. The first-order valence-electron chi connectivity index (χ1n) is 10.4. The molecule has 6 aliphatic rings. The molecule has 5 aliphatic carbocycles. The Morgan fingerprint density at radius 1 is 0.920 bits per heavy atom. The van der Waals surface area contributed by atoms with Crippen molar-refractivity contribution in [3.63, 3.8) is 0 Å². The fraction of sp³-hybridized carbons (Fsp3) is 0.857. The summed E-state index contributed by atoms with van der Waals surface area (Å²) >= 11 is 0. The Bertz CT molecular complexity index is 596. The van der Waals surface area contributed by atoms with Gasteiger partial charge in [0.25, 0.3) is 0 Å². The van der Waals surface area contributed by atoms with Crippen molar-refractivity contribution in [3.8, 4) is 0 Å². The Morgan fingerprint density at radius 2 is 1.48 bits per heavy atom. The third kappa shape index (κ3) is 2.35. The van der Waals surface area contributed by atoms with E-state index in [2.05, 4.69) is 0 Å². The molecule has 5 saturated carbocycles. The number of carbonyl (C=O) groups is 3. The van der Waals surface area contributed by atoms with E-state index in [0.717, 1.165) is 51.4 Å². The predicted molar refractivity (Wildman–Crippen MR) is 92.5 cm³/mol. The van der Waals surface area contributed by atoms with Crippen molar-refractivity contribution in [3.05, 3.63) is 0 Å². The van der Waals surface area contributed by atoms with Crippen molar-refractivity contribution in [2.75, 3.05) is 6.54 Å². The monoisotopic (exact) mass is 343 g/mol. The van der Waals surface area contributed by atoms with Crippen LogP contribution in [0.5, 0.6) is 0 Å². The number of amides is 2. The standard InChI is InChI=1S/C21H29NO3/c23-17(21-9-14-6-15(10-21)8-16(7-14)11-21)13-22-18(24)12-20(19(22)25)4-2-1-3-5-20/h14-16H,1-13H2. The molecule has 1 heterocycles. The predicted octanol–water partition coefficient (Wildman–Crippen LogP) is 3.48. The fourth-order valence-corrected chi connectivity index (χ4v) is 7.40. The molecule has 6 rings (SSSR count). The average molecular weight is 343 g/mol. The fourth-order valence-electron chi connectivity index (χ4n) is 7.40. The van der Waals surface area contributed by atoms with Gasteiger partial charge >= 0.3 is 0 Å². The average Bonchev–Trinajstić information content (AvgIpc) is 2.78. The van der Waals surface area contributed by atoms with Gasteiger partial charge < -0.3 is 0 Å². The second-order valence-electron chi connectivity index (χ2n) is 9.92. The molecule has 1 saturated heterocycles. The van der Waals surface area contributed by atoms with E-state index in [1.165, 1.54) is 24.2 Å². The molecule has 0 radical (unpaired) electrons. The van der Waals surface area contributed by atoms with Crippen LogP contribution in [0.4, 0.5) is 0 Å². The van der Waals surface area contributed by atoms with Crippen LogP contribution in [-0.4, -0.2) is 29.0 Å². The number of imide groups is 1. The highest BCUT2D eigenvalue weighted by Gasteiger charge is 2.57. The molecule has 0 unspecified atom stereocenters. The minimum atomic E-state index is -0.461. The molecule has 0 aromatic rings. The lowest BCUT2D eigenvalue weighted by molar-refractivity contribution is -0.153. The number of ketones is 1. The van der Waals surface area contributed by atoms with E-state index in [-0.39, 0.29) is 29.6 Å². The van der Waals surface area contributed by atoms with E-state index in [4.69, 9.17) is 0 Å². The van der Waals surface area contributed by atoms with Gasteiger partial charge in [-0.05, 0) is 69.1 Å². The minimum Gasteiger partial charge on any atom is -0.297 e. The minimum absolute atomic E-state index is 0.0321. The van der Waals surface area contributed by atoms with Gasteiger partial charge in [0.2, 0.25) is 11.8 Å². The molecule has 4 bridgehead atoms. The van der Waals surface area contributed by atoms with Gasteiger partial charge in [0.1, 0.15) is 0 Å². The number of nitrogens with zero attached hydrogens (tertiary/aromatic N) is 1. The van der Waals surface area contributed by atoms with Crippen LogP contribution in [0.25, 0.3) is 0 Å². The SMILES string of the molecule is O=C1CC2(CCCCC2)C(=O)N1CC(=O)C12CC3CC(CC(C3)C1)C2. The van der Waals surface area contributed by atoms with Crippen LogP contribution in [0.15, 0.2) is 0 Å². The van der Waals surface area contributed by atoms with Gasteiger partial charge in [0, 0.05) is 11.8 Å². The largest absolute Gasteiger partial charge is 0.297 e. The molecular formula is C21H29NO3. The van der Waals surface area contributed by atoms with Gasteiger partial charge in [-0.15, -0.1) is 0 Å². The van der Waals surface area contributed by atoms with Gasteiger partial charge in [-0.3, -0.25) is 19.3 Å². The van der Waals surface area contributed by atoms with Gasteiger partial charge in [0.15, 0.2) is 5.78 Å². The molecule has 6 fully saturated rings. The summed E-state index contributed by atoms with van der Waals surface area (Å²) < 4.78 is 0. The molecule has 0 aromatic heterocycles. The van der Waals surface area contributed by atoms with Crippen molar-refractivity contribution in [1.82, 2.24) is 4.90 Å². The van der Waals surface area contributed by atoms with Crippen LogP contribution in [0.1, 0.15) is 77.0 Å². The summed E-state index contributed by atoms with van der Waals surface area (Å²) in [5, 5.41) is 0. The molecule has 1 aliphatic heterocycles. The molecule has 4 nitrogen and oxygen atoms in total. The lowest BCUT2D eigenvalue weighted by Crippen LogP contribution is -2.53. The molecular weight excluding hydrogens is 314 g/mol. The van der Waals surface area contributed by atoms with Gasteiger partial charge in [-0.25, -0.2) is 0 Å². The first kappa shape index (κ1) is 16.0. The highest BCUT2D eigenvalue weighted by atomic mass is 16.2. The number of likely N-dealkylation sites (tertiary alicyclic amines) is 1. The van der Waals surface area contributed by atoms with Crippen molar-refractivity contribution in [2.45, 2.75) is 77.0 Å². The van der Waals surface area contributed by atoms with Gasteiger partial charge in [0.05, 0.1) is 12.0 Å². The number of Topliss-reactive ketones (excluding diaryl/α,β-unsaturated/α-hetero) is 1. The van der Waals surface area contributed by atoms with Gasteiger partial charge in [-0.1, -0.05) is 19.3 Å². The Balaban J connectivity index is 1.34. The summed E-state index contributed by atoms with van der Waals surface area (Å²) in [6.45, 7) is 0.0611. The highest BCUT2D eigenvalue weighted by molar-refractivity contribution is 6.08. The topological polar surface area (TPSA) is 54.5 Å². The first-order valence-corrected chi connectivity index (χ1v) is 10.4. The smallest absolute Gasteiger partial charge is 0.236 e. The molecule has 136 valence electrons. The molecule has 25 heavy (non-hydrogen) atoms. The van der Waals surface area contributed by atoms with Crippen molar-refractivity contribution in [2.24, 2.45) is 28.6 Å². The number of hydrogen-bond donors (Lipinski definition) is 0. The molecule has 0 atom stereocenters. The van der Waals surface area contributed by atoms with Crippen molar-refractivity contribution in [1.29, 1.82) is 0 Å². The van der Waals surface area contributed by atoms with Crippen molar-refractivity contribution < 1.29 is 14.4 Å². The third-order valence-electron chi connectivity index (χ3n) is 8.23. The van der Waals surface area contributed by atoms with Crippen LogP contribution < -0.4 is 0 Å². The van der Waals surface area contributed by atoms with Crippen LogP contribution in [-0.2, 0) is 14.4 Å². The first-order chi connectivity index (χ1) is 12.0. The van der Waals surface area contributed by atoms with Crippen LogP contribution in [0, 0.1) is 28.6 Å². The summed E-state index contributed by atoms with van der Waals surface area (Å²) in [6, 6.07) is 0. The van der Waals surface area contributed by atoms with E-state index in [9.17, 15) is 14.4 Å². The summed E-state index contributed by atoms with van der Waals surface area (Å²) in [5.74, 6) is 2.21. The van der Waals surface area contributed by atoms with E-state index < -0.39 is 5.41 Å².